The zero-order valence-corrected chi connectivity index (χ0v) is 16.1. The third-order valence-corrected chi connectivity index (χ3v) is 5.33. The molecule has 0 unspecified atom stereocenters. The highest BCUT2D eigenvalue weighted by Gasteiger charge is 2.13. The van der Waals surface area contributed by atoms with Crippen molar-refractivity contribution in [3.63, 3.8) is 0 Å². The Morgan fingerprint density at radius 3 is 2.89 bits per heavy atom. The lowest BCUT2D eigenvalue weighted by Crippen LogP contribution is -2.01. The molecule has 8 heteroatoms. The Bertz CT molecular complexity index is 1110. The lowest BCUT2D eigenvalue weighted by Gasteiger charge is -2.10. The van der Waals surface area contributed by atoms with Crippen molar-refractivity contribution in [2.45, 2.75) is 26.7 Å². The Hall–Kier alpha value is -2.87. The average Bonchev–Trinajstić information content (AvgIpc) is 3.12. The van der Waals surface area contributed by atoms with Gasteiger partial charge >= 0.3 is 0 Å². The molecule has 0 amide bonds. The fourth-order valence-corrected chi connectivity index (χ4v) is 3.70. The van der Waals surface area contributed by atoms with Gasteiger partial charge in [0.05, 0.1) is 11.2 Å². The van der Waals surface area contributed by atoms with Crippen LogP contribution in [0.5, 0.6) is 0 Å². The van der Waals surface area contributed by atoms with Crippen molar-refractivity contribution in [3.8, 4) is 11.3 Å². The first-order valence-corrected chi connectivity index (χ1v) is 9.96. The number of nitrogen functional groups attached to an aromatic ring is 1. The van der Waals surface area contributed by atoms with Gasteiger partial charge < -0.3 is 10.5 Å². The Labute approximate surface area is 161 Å². The molecule has 7 nitrogen and oxygen atoms in total. The topological polar surface area (TPSA) is 94.0 Å². The molecule has 4 aromatic rings. The predicted octanol–water partition coefficient (Wildman–Crippen LogP) is 3.95. The molecule has 3 heterocycles. The summed E-state index contributed by atoms with van der Waals surface area (Å²) in [5, 5.41) is 5.43. The number of aryl methyl sites for hydroxylation is 1. The van der Waals surface area contributed by atoms with Crippen LogP contribution in [-0.2, 0) is 6.42 Å². The van der Waals surface area contributed by atoms with Crippen LogP contribution < -0.4 is 10.5 Å². The molecule has 0 atom stereocenters. The van der Waals surface area contributed by atoms with Gasteiger partial charge in [-0.1, -0.05) is 25.8 Å². The molecule has 0 spiro atoms. The van der Waals surface area contributed by atoms with E-state index in [0.717, 1.165) is 57.7 Å². The Morgan fingerprint density at radius 2 is 2.07 bits per heavy atom. The molecule has 0 aliphatic carbocycles. The highest BCUT2D eigenvalue weighted by molar-refractivity contribution is 8.00. The molecule has 0 aliphatic rings. The maximum absolute atomic E-state index is 5.77. The number of hydrogen-bond acceptors (Lipinski definition) is 7. The molecule has 138 valence electrons. The van der Waals surface area contributed by atoms with Crippen LogP contribution in [0.3, 0.4) is 0 Å². The molecule has 4 rings (SSSR count). The molecular formula is C19H21N7S. The number of benzene rings is 1. The van der Waals surface area contributed by atoms with Crippen molar-refractivity contribution >= 4 is 40.1 Å². The summed E-state index contributed by atoms with van der Waals surface area (Å²) >= 11 is 1.65. The van der Waals surface area contributed by atoms with Gasteiger partial charge in [0, 0.05) is 22.9 Å². The lowest BCUT2D eigenvalue weighted by molar-refractivity contribution is 0.914. The number of fused-ring (bicyclic) bond motifs is 2. The van der Waals surface area contributed by atoms with Crippen LogP contribution >= 0.6 is 11.9 Å². The fraction of sp³-hybridized carbons (Fsp3) is 0.263. The first kappa shape index (κ1) is 17.5. The summed E-state index contributed by atoms with van der Waals surface area (Å²) < 4.78 is 5.24. The minimum absolute atomic E-state index is 0.297. The van der Waals surface area contributed by atoms with Gasteiger partial charge in [0.15, 0.2) is 5.82 Å². The summed E-state index contributed by atoms with van der Waals surface area (Å²) in [5.74, 6) is 2.14. The van der Waals surface area contributed by atoms with Crippen LogP contribution in [-0.4, -0.2) is 30.3 Å². The van der Waals surface area contributed by atoms with Crippen LogP contribution in [0.2, 0.25) is 0 Å². The van der Waals surface area contributed by atoms with E-state index in [2.05, 4.69) is 56.8 Å². The second-order valence-electron chi connectivity index (χ2n) is 6.23. The minimum Gasteiger partial charge on any atom is -0.368 e. The molecule has 1 aromatic carbocycles. The van der Waals surface area contributed by atoms with E-state index < -0.39 is 0 Å². The van der Waals surface area contributed by atoms with E-state index in [9.17, 15) is 0 Å². The van der Waals surface area contributed by atoms with Gasteiger partial charge in [-0.3, -0.25) is 0 Å². The van der Waals surface area contributed by atoms with Crippen molar-refractivity contribution < 1.29 is 0 Å². The van der Waals surface area contributed by atoms with Gasteiger partial charge in [-0.15, -0.1) is 0 Å². The van der Waals surface area contributed by atoms with Crippen molar-refractivity contribution in [1.82, 2.24) is 24.6 Å². The molecule has 3 N–H and O–H groups in total. The van der Waals surface area contributed by atoms with Gasteiger partial charge in [-0.05, 0) is 42.7 Å². The fourth-order valence-electron chi connectivity index (χ4n) is 3.10. The molecule has 0 bridgehead atoms. The summed E-state index contributed by atoms with van der Waals surface area (Å²) in [6.07, 6.45) is 5.32. The maximum atomic E-state index is 5.77. The number of anilines is 2. The molecule has 27 heavy (non-hydrogen) atoms. The zero-order chi connectivity index (χ0) is 18.8. The third-order valence-electron chi connectivity index (χ3n) is 4.38. The normalized spacial score (nSPS) is 11.3. The van der Waals surface area contributed by atoms with E-state index in [0.29, 0.717) is 5.95 Å². The van der Waals surface area contributed by atoms with E-state index in [1.807, 2.05) is 10.6 Å². The second-order valence-corrected chi connectivity index (χ2v) is 7.13. The monoisotopic (exact) mass is 379 g/mol. The van der Waals surface area contributed by atoms with Gasteiger partial charge in [0.1, 0.15) is 11.8 Å². The Morgan fingerprint density at radius 1 is 1.19 bits per heavy atom. The van der Waals surface area contributed by atoms with Crippen LogP contribution in [0.4, 0.5) is 11.8 Å². The smallest absolute Gasteiger partial charge is 0.220 e. The van der Waals surface area contributed by atoms with E-state index in [-0.39, 0.29) is 0 Å². The van der Waals surface area contributed by atoms with E-state index in [1.165, 1.54) is 0 Å². The second kappa shape index (κ2) is 7.40. The Kier molecular flexibility index (Phi) is 4.81. The van der Waals surface area contributed by atoms with Crippen LogP contribution in [0.1, 0.15) is 25.8 Å². The van der Waals surface area contributed by atoms with E-state index in [4.69, 9.17) is 5.73 Å². The molecule has 0 saturated heterocycles. The summed E-state index contributed by atoms with van der Waals surface area (Å²) in [6.45, 7) is 4.27. The number of nitrogens with two attached hydrogens (primary N) is 1. The molecule has 0 radical (unpaired) electrons. The number of rotatable bonds is 6. The van der Waals surface area contributed by atoms with Crippen molar-refractivity contribution in [2.24, 2.45) is 0 Å². The first-order chi connectivity index (χ1) is 13.2. The molecule has 0 aliphatic heterocycles. The van der Waals surface area contributed by atoms with Gasteiger partial charge in [0.2, 0.25) is 5.95 Å². The lowest BCUT2D eigenvalue weighted by atomic mass is 10.0. The predicted molar refractivity (Wildman–Crippen MR) is 112 cm³/mol. The standard InChI is InChI=1S/C19H21N7S/c1-3-7-27-25-18-16-6-5-15(26(16)23-11-22-18)13-8-12(4-2)17-14(9-13)10-21-19(20)24-17/h5-6,8-11H,3-4,7H2,1-2H3,(H2,20,21,24)(H,22,23,25). The maximum Gasteiger partial charge on any atom is 0.220 e. The summed E-state index contributed by atoms with van der Waals surface area (Å²) in [4.78, 5) is 12.9. The van der Waals surface area contributed by atoms with Gasteiger partial charge in [-0.25, -0.2) is 19.5 Å². The first-order valence-electron chi connectivity index (χ1n) is 8.97. The zero-order valence-electron chi connectivity index (χ0n) is 15.3. The Balaban J connectivity index is 1.83. The summed E-state index contributed by atoms with van der Waals surface area (Å²) in [6, 6.07) is 8.34. The number of nitrogens with zero attached hydrogens (tertiary/aromatic N) is 5. The van der Waals surface area contributed by atoms with Crippen LogP contribution in [0.15, 0.2) is 36.8 Å². The van der Waals surface area contributed by atoms with Crippen LogP contribution in [0, 0.1) is 0 Å². The highest BCUT2D eigenvalue weighted by Crippen LogP contribution is 2.30. The van der Waals surface area contributed by atoms with Crippen molar-refractivity contribution in [1.29, 1.82) is 0 Å². The average molecular weight is 379 g/mol. The largest absolute Gasteiger partial charge is 0.368 e. The SMILES string of the molecule is CCCSNc1ncnn2c(-c3cc(CC)c4nc(N)ncc4c3)ccc12. The highest BCUT2D eigenvalue weighted by atomic mass is 32.2. The van der Waals surface area contributed by atoms with Crippen molar-refractivity contribution in [2.75, 3.05) is 16.2 Å². The molecule has 0 fully saturated rings. The number of hydrogen-bond donors (Lipinski definition) is 2. The summed E-state index contributed by atoms with van der Waals surface area (Å²) in [5.41, 5.74) is 10.8. The van der Waals surface area contributed by atoms with Crippen molar-refractivity contribution in [3.05, 3.63) is 42.4 Å². The molecular weight excluding hydrogens is 358 g/mol. The third kappa shape index (κ3) is 3.28. The molecule has 3 aromatic heterocycles. The van der Waals surface area contributed by atoms with E-state index >= 15 is 0 Å². The van der Waals surface area contributed by atoms with Gasteiger partial charge in [0.25, 0.3) is 0 Å². The minimum atomic E-state index is 0.297. The van der Waals surface area contributed by atoms with Crippen LogP contribution in [0.25, 0.3) is 27.7 Å². The quantitative estimate of drug-likeness (QED) is 0.387. The summed E-state index contributed by atoms with van der Waals surface area (Å²) in [7, 11) is 0. The molecule has 0 saturated carbocycles. The van der Waals surface area contributed by atoms with E-state index in [1.54, 1.807) is 24.5 Å². The number of nitrogens with one attached hydrogen (secondary N) is 1. The van der Waals surface area contributed by atoms with Gasteiger partial charge in [-0.2, -0.15) is 5.10 Å². The number of aromatic nitrogens is 5.